The number of carbonyl (C=O) groups is 2. The van der Waals surface area contributed by atoms with Crippen LogP contribution in [-0.2, 0) is 14.3 Å². The molecule has 134 valence electrons. The molecule has 0 spiro atoms. The minimum Gasteiger partial charge on any atom is -0.459 e. The third kappa shape index (κ3) is 5.09. The average Bonchev–Trinajstić information content (AvgIpc) is 2.91. The van der Waals surface area contributed by atoms with E-state index in [1.165, 1.54) is 6.08 Å². The van der Waals surface area contributed by atoms with E-state index in [2.05, 4.69) is 11.9 Å². The molecule has 0 aromatic heterocycles. The molecule has 0 radical (unpaired) electrons. The van der Waals surface area contributed by atoms with Gasteiger partial charge in [0.2, 0.25) is 0 Å². The van der Waals surface area contributed by atoms with Gasteiger partial charge in [0.25, 0.3) is 5.24 Å². The third-order valence-electron chi connectivity index (χ3n) is 4.13. The van der Waals surface area contributed by atoms with Crippen molar-refractivity contribution in [3.63, 3.8) is 0 Å². The highest BCUT2D eigenvalue weighted by Gasteiger charge is 2.48. The van der Waals surface area contributed by atoms with Crippen LogP contribution in [0.2, 0.25) is 0 Å². The number of allylic oxidation sites excluding steroid dienone is 2. The number of esters is 1. The van der Waals surface area contributed by atoms with Crippen molar-refractivity contribution in [1.82, 2.24) is 5.32 Å². The number of amides is 1. The molecule has 0 saturated carbocycles. The molecule has 2 rings (SSSR count). The van der Waals surface area contributed by atoms with E-state index in [4.69, 9.17) is 9.47 Å². The highest BCUT2D eigenvalue weighted by molar-refractivity contribution is 8.14. The Labute approximate surface area is 146 Å². The zero-order chi connectivity index (χ0) is 17.7. The van der Waals surface area contributed by atoms with E-state index >= 15 is 0 Å². The number of hydrogen-bond acceptors (Lipinski definition) is 6. The van der Waals surface area contributed by atoms with Crippen LogP contribution in [0.15, 0.2) is 24.3 Å². The van der Waals surface area contributed by atoms with Gasteiger partial charge in [-0.25, -0.2) is 4.79 Å². The second-order valence-corrected chi connectivity index (χ2v) is 7.38. The lowest BCUT2D eigenvalue weighted by Gasteiger charge is -2.42. The van der Waals surface area contributed by atoms with Crippen molar-refractivity contribution in [3.8, 4) is 0 Å². The summed E-state index contributed by atoms with van der Waals surface area (Å²) in [5.41, 5.74) is 0.926. The lowest BCUT2D eigenvalue weighted by molar-refractivity contribution is -0.278. The standard InChI is InChI=1S/C17H25NO5S/c1-4-5-6-11(2)7-15(19)22-13-8-12(3)23-17(21,9-13)14-10-24-16(20)18-14/h4,7,12-14,21H,1,5-6,8-10H2,2-3H3,(H,18,20)/t12-,13-,14+,17-/m1/s1. The van der Waals surface area contributed by atoms with Gasteiger partial charge < -0.3 is 19.9 Å². The van der Waals surface area contributed by atoms with Gasteiger partial charge in [-0.15, -0.1) is 6.58 Å². The molecule has 2 saturated heterocycles. The van der Waals surface area contributed by atoms with Crippen molar-refractivity contribution in [3.05, 3.63) is 24.3 Å². The van der Waals surface area contributed by atoms with Crippen molar-refractivity contribution >= 4 is 23.0 Å². The van der Waals surface area contributed by atoms with Gasteiger partial charge >= 0.3 is 5.97 Å². The summed E-state index contributed by atoms with van der Waals surface area (Å²) in [5, 5.41) is 13.3. The van der Waals surface area contributed by atoms with Gasteiger partial charge in [0.15, 0.2) is 5.79 Å². The Kier molecular flexibility index (Phi) is 6.48. The van der Waals surface area contributed by atoms with Crippen LogP contribution in [0.5, 0.6) is 0 Å². The number of aliphatic hydroxyl groups is 1. The van der Waals surface area contributed by atoms with E-state index in [0.29, 0.717) is 12.2 Å². The number of thioether (sulfide) groups is 1. The topological polar surface area (TPSA) is 84.9 Å². The molecular weight excluding hydrogens is 330 g/mol. The predicted molar refractivity (Wildman–Crippen MR) is 92.6 cm³/mol. The quantitative estimate of drug-likeness (QED) is 0.433. The first kappa shape index (κ1) is 19.0. The molecule has 2 aliphatic heterocycles. The lowest BCUT2D eigenvalue weighted by atomic mass is 9.94. The molecule has 2 aliphatic rings. The van der Waals surface area contributed by atoms with E-state index in [9.17, 15) is 14.7 Å². The van der Waals surface area contributed by atoms with E-state index in [1.807, 2.05) is 13.8 Å². The summed E-state index contributed by atoms with van der Waals surface area (Å²) >= 11 is 1.11. The summed E-state index contributed by atoms with van der Waals surface area (Å²) in [7, 11) is 0. The first-order valence-electron chi connectivity index (χ1n) is 8.14. The molecule has 6 nitrogen and oxygen atoms in total. The summed E-state index contributed by atoms with van der Waals surface area (Å²) in [6, 6.07) is -0.496. The maximum Gasteiger partial charge on any atom is 0.330 e. The van der Waals surface area contributed by atoms with Crippen LogP contribution in [-0.4, -0.2) is 46.1 Å². The minimum atomic E-state index is -1.51. The van der Waals surface area contributed by atoms with Crippen LogP contribution < -0.4 is 5.32 Å². The highest BCUT2D eigenvalue weighted by Crippen LogP contribution is 2.35. The molecule has 24 heavy (non-hydrogen) atoms. The van der Waals surface area contributed by atoms with Gasteiger partial charge in [0.05, 0.1) is 12.1 Å². The molecule has 0 bridgehead atoms. The minimum absolute atomic E-state index is 0.147. The van der Waals surface area contributed by atoms with Gasteiger partial charge in [0, 0.05) is 24.7 Å². The first-order valence-corrected chi connectivity index (χ1v) is 9.13. The van der Waals surface area contributed by atoms with Crippen LogP contribution in [0.3, 0.4) is 0 Å². The largest absolute Gasteiger partial charge is 0.459 e. The monoisotopic (exact) mass is 355 g/mol. The zero-order valence-corrected chi connectivity index (χ0v) is 14.9. The van der Waals surface area contributed by atoms with Crippen molar-refractivity contribution in [1.29, 1.82) is 0 Å². The fraction of sp³-hybridized carbons (Fsp3) is 0.647. The van der Waals surface area contributed by atoms with Crippen LogP contribution >= 0.6 is 11.8 Å². The number of ether oxygens (including phenoxy) is 2. The maximum absolute atomic E-state index is 12.1. The van der Waals surface area contributed by atoms with Gasteiger partial charge in [-0.1, -0.05) is 23.4 Å². The number of carbonyl (C=O) groups excluding carboxylic acids is 2. The zero-order valence-electron chi connectivity index (χ0n) is 14.1. The van der Waals surface area contributed by atoms with Gasteiger partial charge in [-0.3, -0.25) is 4.79 Å². The van der Waals surface area contributed by atoms with Crippen LogP contribution in [0.1, 0.15) is 39.5 Å². The fourth-order valence-corrected chi connectivity index (χ4v) is 3.85. The van der Waals surface area contributed by atoms with Gasteiger partial charge in [-0.05, 0) is 26.7 Å². The Hall–Kier alpha value is -1.31. The third-order valence-corrected chi connectivity index (χ3v) is 5.01. The maximum atomic E-state index is 12.1. The summed E-state index contributed by atoms with van der Waals surface area (Å²) in [5.74, 6) is -1.49. The molecule has 0 unspecified atom stereocenters. The molecule has 4 atom stereocenters. The SMILES string of the molecule is C=CCCC(C)=CC(=O)O[C@@H]1C[C@@H](C)O[C@@](O)([C@@H]2CSC(=O)N2)C1. The molecule has 7 heteroatoms. The summed E-state index contributed by atoms with van der Waals surface area (Å²) in [6.07, 6.45) is 4.80. The van der Waals surface area contributed by atoms with Crippen molar-refractivity contribution in [2.24, 2.45) is 0 Å². The molecular formula is C17H25NO5S. The van der Waals surface area contributed by atoms with E-state index in [-0.39, 0.29) is 17.8 Å². The van der Waals surface area contributed by atoms with Crippen LogP contribution in [0.25, 0.3) is 0 Å². The first-order chi connectivity index (χ1) is 11.3. The Bertz CT molecular complexity index is 535. The fourth-order valence-electron chi connectivity index (χ4n) is 2.97. The van der Waals surface area contributed by atoms with Gasteiger partial charge in [-0.2, -0.15) is 0 Å². The lowest BCUT2D eigenvalue weighted by Crippen LogP contribution is -2.58. The molecule has 0 aromatic carbocycles. The van der Waals surface area contributed by atoms with Crippen molar-refractivity contribution < 1.29 is 24.2 Å². The second-order valence-electron chi connectivity index (χ2n) is 6.39. The van der Waals surface area contributed by atoms with E-state index in [0.717, 1.165) is 30.2 Å². The number of hydrogen-bond donors (Lipinski definition) is 2. The summed E-state index contributed by atoms with van der Waals surface area (Å²) in [4.78, 5) is 23.4. The van der Waals surface area contributed by atoms with Crippen molar-refractivity contribution in [2.45, 2.75) is 63.6 Å². The van der Waals surface area contributed by atoms with E-state index < -0.39 is 23.9 Å². The Morgan fingerprint density at radius 3 is 3.00 bits per heavy atom. The number of nitrogens with one attached hydrogen (secondary N) is 1. The van der Waals surface area contributed by atoms with E-state index in [1.54, 1.807) is 6.08 Å². The summed E-state index contributed by atoms with van der Waals surface area (Å²) < 4.78 is 11.2. The summed E-state index contributed by atoms with van der Waals surface area (Å²) in [6.45, 7) is 7.35. The predicted octanol–water partition coefficient (Wildman–Crippen LogP) is 2.52. The molecule has 0 aromatic rings. The molecule has 2 N–H and O–H groups in total. The van der Waals surface area contributed by atoms with Crippen LogP contribution in [0.4, 0.5) is 4.79 Å². The second kappa shape index (κ2) is 8.18. The Morgan fingerprint density at radius 1 is 1.62 bits per heavy atom. The Balaban J connectivity index is 1.96. The molecule has 2 heterocycles. The van der Waals surface area contributed by atoms with Gasteiger partial charge in [0.1, 0.15) is 6.10 Å². The molecule has 2 fully saturated rings. The molecule has 1 amide bonds. The number of rotatable bonds is 6. The molecule has 0 aliphatic carbocycles. The smallest absolute Gasteiger partial charge is 0.330 e. The normalized spacial score (nSPS) is 33.9. The Morgan fingerprint density at radius 2 is 2.38 bits per heavy atom. The van der Waals surface area contributed by atoms with Crippen molar-refractivity contribution in [2.75, 3.05) is 5.75 Å². The highest BCUT2D eigenvalue weighted by atomic mass is 32.2. The van der Waals surface area contributed by atoms with Crippen LogP contribution in [0, 0.1) is 0 Å². The average molecular weight is 355 g/mol.